The van der Waals surface area contributed by atoms with Gasteiger partial charge >= 0.3 is 0 Å². The maximum absolute atomic E-state index is 7.76. The highest BCUT2D eigenvalue weighted by molar-refractivity contribution is 7.99. The van der Waals surface area contributed by atoms with Crippen LogP contribution in [0.2, 0.25) is 0 Å². The zero-order chi connectivity index (χ0) is 39.5. The Hall–Kier alpha value is -5.13. The van der Waals surface area contributed by atoms with Gasteiger partial charge in [-0.15, -0.1) is 0 Å². The summed E-state index contributed by atoms with van der Waals surface area (Å²) in [5.41, 5.74) is 10.7. The van der Waals surface area contributed by atoms with Crippen molar-refractivity contribution in [1.82, 2.24) is 0 Å². The van der Waals surface area contributed by atoms with Gasteiger partial charge < -0.3 is 18.9 Å². The van der Waals surface area contributed by atoms with Crippen LogP contribution in [-0.4, -0.2) is 21.3 Å². The summed E-state index contributed by atoms with van der Waals surface area (Å²) in [6.07, 6.45) is 11.8. The fourth-order valence-corrected chi connectivity index (χ4v) is 11.4. The van der Waals surface area contributed by atoms with Gasteiger partial charge in [0, 0.05) is 32.4 Å². The molecule has 6 aromatic carbocycles. The highest BCUT2D eigenvalue weighted by Gasteiger charge is 2.51. The van der Waals surface area contributed by atoms with Gasteiger partial charge in [0.2, 0.25) is 0 Å². The van der Waals surface area contributed by atoms with Crippen molar-refractivity contribution in [3.63, 3.8) is 0 Å². The van der Waals surface area contributed by atoms with Crippen molar-refractivity contribution in [2.24, 2.45) is 5.41 Å². The molecular formula is C52H52O4S. The van der Waals surface area contributed by atoms with E-state index in [0.717, 1.165) is 57.2 Å². The molecule has 0 N–H and O–H groups in total. The second-order valence-electron chi connectivity index (χ2n) is 16.3. The minimum absolute atomic E-state index is 0.119. The van der Waals surface area contributed by atoms with Gasteiger partial charge in [0.15, 0.2) is 5.60 Å². The first-order valence-electron chi connectivity index (χ1n) is 20.5. The third-order valence-corrected chi connectivity index (χ3v) is 15.2. The van der Waals surface area contributed by atoms with Gasteiger partial charge in [-0.05, 0) is 126 Å². The van der Waals surface area contributed by atoms with E-state index in [0.29, 0.717) is 5.41 Å². The SMILES string of the molecule is CCC1(CC)CCC2(CC1)c1ccccc1-c1c2c2c(c3cc(OC)c(Sc4c(C)cccc4C)cc13)OC(c1ccc(OC)cc1)(c1ccc(OC)cc1)C=C2. The summed E-state index contributed by atoms with van der Waals surface area (Å²) >= 11 is 1.80. The molecule has 0 bridgehead atoms. The van der Waals surface area contributed by atoms with Crippen LogP contribution in [0.15, 0.2) is 119 Å². The van der Waals surface area contributed by atoms with E-state index in [1.807, 2.05) is 24.3 Å². The molecule has 3 aliphatic rings. The maximum Gasteiger partial charge on any atom is 0.178 e. The lowest BCUT2D eigenvalue weighted by atomic mass is 9.58. The van der Waals surface area contributed by atoms with Gasteiger partial charge in [0.05, 0.1) is 26.2 Å². The quantitative estimate of drug-likeness (QED) is 0.146. The zero-order valence-electron chi connectivity index (χ0n) is 34.3. The monoisotopic (exact) mass is 772 g/mol. The molecule has 5 heteroatoms. The van der Waals surface area contributed by atoms with Gasteiger partial charge in [0.1, 0.15) is 23.0 Å². The molecule has 0 atom stereocenters. The smallest absolute Gasteiger partial charge is 0.178 e. The summed E-state index contributed by atoms with van der Waals surface area (Å²) in [7, 11) is 5.20. The molecule has 0 unspecified atom stereocenters. The minimum atomic E-state index is -0.920. The van der Waals surface area contributed by atoms with Crippen molar-refractivity contribution in [3.8, 4) is 34.1 Å². The normalized spacial score (nSPS) is 16.8. The summed E-state index contributed by atoms with van der Waals surface area (Å²) in [6, 6.07) is 37.0. The molecule has 9 rings (SSSR count). The molecule has 57 heavy (non-hydrogen) atoms. The molecule has 290 valence electrons. The van der Waals surface area contributed by atoms with Crippen molar-refractivity contribution in [2.75, 3.05) is 21.3 Å². The van der Waals surface area contributed by atoms with Crippen LogP contribution in [0.25, 0.3) is 28.0 Å². The van der Waals surface area contributed by atoms with Crippen LogP contribution in [0.5, 0.6) is 23.0 Å². The lowest BCUT2D eigenvalue weighted by Gasteiger charge is -2.47. The van der Waals surface area contributed by atoms with Gasteiger partial charge in [-0.2, -0.15) is 0 Å². The van der Waals surface area contributed by atoms with Gasteiger partial charge in [-0.3, -0.25) is 0 Å². The molecule has 4 nitrogen and oxygen atoms in total. The molecule has 1 fully saturated rings. The molecular weight excluding hydrogens is 721 g/mol. The summed E-state index contributed by atoms with van der Waals surface area (Å²) in [4.78, 5) is 2.37. The maximum atomic E-state index is 7.76. The number of rotatable bonds is 9. The molecule has 2 aliphatic carbocycles. The Morgan fingerprint density at radius 2 is 1.28 bits per heavy atom. The highest BCUT2D eigenvalue weighted by Crippen LogP contribution is 2.65. The van der Waals surface area contributed by atoms with Crippen LogP contribution < -0.4 is 18.9 Å². The van der Waals surface area contributed by atoms with Crippen LogP contribution in [-0.2, 0) is 11.0 Å². The van der Waals surface area contributed by atoms with Crippen molar-refractivity contribution in [1.29, 1.82) is 0 Å². The number of aryl methyl sites for hydroxylation is 2. The number of fused-ring (bicyclic) bond motifs is 10. The third-order valence-electron chi connectivity index (χ3n) is 13.8. The number of hydrogen-bond acceptors (Lipinski definition) is 5. The van der Waals surface area contributed by atoms with Crippen molar-refractivity contribution in [3.05, 3.63) is 148 Å². The molecule has 1 heterocycles. The Bertz CT molecular complexity index is 2450. The molecule has 1 aliphatic heterocycles. The molecule has 1 spiro atoms. The second-order valence-corrected chi connectivity index (χ2v) is 17.4. The Labute approximate surface area is 342 Å². The van der Waals surface area contributed by atoms with Crippen LogP contribution >= 0.6 is 11.8 Å². The average Bonchev–Trinajstić information content (AvgIpc) is 3.54. The Kier molecular flexibility index (Phi) is 9.43. The highest BCUT2D eigenvalue weighted by atomic mass is 32.2. The number of ether oxygens (including phenoxy) is 4. The lowest BCUT2D eigenvalue weighted by molar-refractivity contribution is 0.132. The fraction of sp³-hybridized carbons (Fsp3) is 0.308. The third kappa shape index (κ3) is 5.79. The van der Waals surface area contributed by atoms with E-state index in [1.54, 1.807) is 33.1 Å². The number of methoxy groups -OCH3 is 3. The van der Waals surface area contributed by atoms with Crippen molar-refractivity contribution >= 4 is 28.6 Å². The van der Waals surface area contributed by atoms with Gasteiger partial charge in [-0.25, -0.2) is 0 Å². The van der Waals surface area contributed by atoms with Crippen LogP contribution in [0.1, 0.15) is 91.3 Å². The molecule has 0 aromatic heterocycles. The predicted molar refractivity (Wildman–Crippen MR) is 235 cm³/mol. The van der Waals surface area contributed by atoms with E-state index in [4.69, 9.17) is 18.9 Å². The first-order valence-corrected chi connectivity index (χ1v) is 21.3. The van der Waals surface area contributed by atoms with Crippen LogP contribution in [0.4, 0.5) is 0 Å². The van der Waals surface area contributed by atoms with E-state index in [2.05, 4.69) is 119 Å². The van der Waals surface area contributed by atoms with E-state index in [9.17, 15) is 0 Å². The predicted octanol–water partition coefficient (Wildman–Crippen LogP) is 13.6. The lowest BCUT2D eigenvalue weighted by Crippen LogP contribution is -2.38. The van der Waals surface area contributed by atoms with Crippen molar-refractivity contribution < 1.29 is 18.9 Å². The van der Waals surface area contributed by atoms with E-state index in [-0.39, 0.29) is 5.41 Å². The van der Waals surface area contributed by atoms with Gasteiger partial charge in [0.25, 0.3) is 0 Å². The first kappa shape index (κ1) is 37.4. The first-order chi connectivity index (χ1) is 27.7. The molecule has 0 radical (unpaired) electrons. The molecule has 0 amide bonds. The van der Waals surface area contributed by atoms with E-state index >= 15 is 0 Å². The largest absolute Gasteiger partial charge is 0.497 e. The molecule has 1 saturated carbocycles. The number of hydrogen-bond donors (Lipinski definition) is 0. The fourth-order valence-electron chi connectivity index (χ4n) is 10.3. The minimum Gasteiger partial charge on any atom is -0.497 e. The second kappa shape index (κ2) is 14.4. The topological polar surface area (TPSA) is 36.9 Å². The van der Waals surface area contributed by atoms with Crippen LogP contribution in [0.3, 0.4) is 0 Å². The number of benzene rings is 6. The summed E-state index contributed by atoms with van der Waals surface area (Å²) < 4.78 is 25.3. The van der Waals surface area contributed by atoms with Crippen LogP contribution in [0, 0.1) is 19.3 Å². The Balaban J connectivity index is 1.35. The van der Waals surface area contributed by atoms with E-state index in [1.165, 1.54) is 74.9 Å². The average molecular weight is 773 g/mol. The molecule has 6 aromatic rings. The Morgan fingerprint density at radius 3 is 1.86 bits per heavy atom. The summed E-state index contributed by atoms with van der Waals surface area (Å²) in [6.45, 7) is 9.19. The standard InChI is InChI=1S/C52H52O4S/c1-8-50(9-2)27-29-51(30-28-50)43-16-11-10-15-39(43)46-41-32-45(57-49-33(3)13-12-14-34(49)4)44(55-7)31-42(41)48-40(47(46)51)25-26-52(56-48,35-17-21-37(53-5)22-18-35)36-19-23-38(54-6)24-20-36/h10-26,31-32H,8-9,27-30H2,1-7H3. The van der Waals surface area contributed by atoms with E-state index < -0.39 is 5.60 Å². The summed E-state index contributed by atoms with van der Waals surface area (Å²) in [5, 5.41) is 2.26. The van der Waals surface area contributed by atoms with Gasteiger partial charge in [-0.1, -0.05) is 111 Å². The zero-order valence-corrected chi connectivity index (χ0v) is 35.1. The summed E-state index contributed by atoms with van der Waals surface area (Å²) in [5.74, 6) is 3.34. The van der Waals surface area contributed by atoms with Crippen molar-refractivity contribution in [2.45, 2.75) is 87.0 Å². The molecule has 0 saturated heterocycles. The Morgan fingerprint density at radius 1 is 0.667 bits per heavy atom.